The second-order valence-corrected chi connectivity index (χ2v) is 22.4. The van der Waals surface area contributed by atoms with Crippen molar-refractivity contribution in [1.29, 1.82) is 0 Å². The Kier molecular flexibility index (Phi) is 9.40. The first-order chi connectivity index (χ1) is 23.6. The van der Waals surface area contributed by atoms with Crippen molar-refractivity contribution in [2.24, 2.45) is 68.0 Å². The van der Waals surface area contributed by atoms with Gasteiger partial charge in [-0.3, -0.25) is 4.79 Å². The number of allylic oxidation sites excluding steroid dienone is 1. The van der Waals surface area contributed by atoms with Gasteiger partial charge in [0.1, 0.15) is 11.7 Å². The van der Waals surface area contributed by atoms with Crippen molar-refractivity contribution in [3.63, 3.8) is 0 Å². The maximum absolute atomic E-state index is 14.1. The van der Waals surface area contributed by atoms with Crippen LogP contribution in [0.15, 0.2) is 12.2 Å². The number of ether oxygens (including phenoxy) is 2. The number of carbonyl (C=O) groups is 2. The number of carbonyl (C=O) groups excluding carboxylic acids is 2. The summed E-state index contributed by atoms with van der Waals surface area (Å²) >= 11 is 0. The van der Waals surface area contributed by atoms with Crippen LogP contribution in [0.1, 0.15) is 167 Å². The van der Waals surface area contributed by atoms with Crippen LogP contribution in [0.3, 0.4) is 0 Å². The molecule has 0 radical (unpaired) electrons. The second-order valence-electron chi connectivity index (χ2n) is 22.4. The van der Waals surface area contributed by atoms with Gasteiger partial charge in [-0.05, 0) is 163 Å². The van der Waals surface area contributed by atoms with Crippen LogP contribution in [0.4, 0.5) is 4.79 Å². The Morgan fingerprint density at radius 3 is 1.98 bits per heavy atom. The van der Waals surface area contributed by atoms with Gasteiger partial charge in [-0.15, -0.1) is 0 Å². The third kappa shape index (κ3) is 5.60. The molecule has 52 heavy (non-hydrogen) atoms. The van der Waals surface area contributed by atoms with Crippen LogP contribution >= 0.6 is 0 Å². The summed E-state index contributed by atoms with van der Waals surface area (Å²) < 4.78 is 12.5. The number of aliphatic hydroxyl groups is 2. The van der Waals surface area contributed by atoms with Crippen molar-refractivity contribution in [2.45, 2.75) is 190 Å². The summed E-state index contributed by atoms with van der Waals surface area (Å²) in [5.74, 6) is -0.116. The summed E-state index contributed by atoms with van der Waals surface area (Å²) in [4.78, 5) is 27.4. The zero-order valence-corrected chi connectivity index (χ0v) is 35.3. The van der Waals surface area contributed by atoms with Crippen LogP contribution in [0, 0.1) is 68.0 Å². The predicted molar refractivity (Wildman–Crippen MR) is 206 cm³/mol. The highest BCUT2D eigenvalue weighted by molar-refractivity contribution is 5.74. The van der Waals surface area contributed by atoms with Gasteiger partial charge in [-0.2, -0.15) is 0 Å². The van der Waals surface area contributed by atoms with Gasteiger partial charge < -0.3 is 25.0 Å². The topological polar surface area (TPSA) is 105 Å². The van der Waals surface area contributed by atoms with E-state index in [2.05, 4.69) is 53.4 Å². The highest BCUT2D eigenvalue weighted by atomic mass is 16.6. The number of hydrogen-bond acceptors (Lipinski definition) is 6. The molecule has 0 bridgehead atoms. The predicted octanol–water partition coefficient (Wildman–Crippen LogP) is 9.98. The lowest BCUT2D eigenvalue weighted by molar-refractivity contribution is -0.256. The standard InChI is InChI=1S/C45H75NO6/c1-27(2)28-17-24-45(46-36(48)52-37(3,4)5)26-25-41(11)29(34(28)45)15-16-32-40(10)21-20-33(38(6,7)31(40)19-22-42(32,41)12)51-35(47)30-18-23-43(13,39(30,8)9)44(14,49)50/h28-34,49-50H,1,15-26H2,2-14H3,(H,46,48)/t28-,29?,30+,31-,32+,33-,34+,40-,41+,42?,43+,45-/m0/s1. The zero-order chi connectivity index (χ0) is 38.9. The fourth-order valence-electron chi connectivity index (χ4n) is 15.0. The van der Waals surface area contributed by atoms with E-state index in [-0.39, 0.29) is 51.3 Å². The highest BCUT2D eigenvalue weighted by Crippen LogP contribution is 2.76. The smallest absolute Gasteiger partial charge is 0.408 e. The number of alkyl carbamates (subject to hydrolysis) is 1. The Labute approximate surface area is 316 Å². The normalized spacial score (nSPS) is 46.6. The molecule has 0 saturated heterocycles. The van der Waals surface area contributed by atoms with E-state index in [1.165, 1.54) is 31.8 Å². The Morgan fingerprint density at radius 1 is 0.750 bits per heavy atom. The van der Waals surface area contributed by atoms with E-state index in [9.17, 15) is 19.8 Å². The van der Waals surface area contributed by atoms with Crippen LogP contribution in [0.2, 0.25) is 0 Å². The maximum Gasteiger partial charge on any atom is 0.408 e. The molecule has 6 rings (SSSR count). The van der Waals surface area contributed by atoms with Crippen LogP contribution in [-0.2, 0) is 14.3 Å². The Hall–Kier alpha value is -1.60. The summed E-state index contributed by atoms with van der Waals surface area (Å²) in [6.45, 7) is 32.5. The fourth-order valence-corrected chi connectivity index (χ4v) is 15.0. The van der Waals surface area contributed by atoms with Gasteiger partial charge in [0, 0.05) is 16.4 Å². The molecule has 1 amide bonds. The summed E-state index contributed by atoms with van der Waals surface area (Å²) in [7, 11) is 0. The molecule has 0 aromatic rings. The van der Waals surface area contributed by atoms with Crippen LogP contribution in [0.5, 0.6) is 0 Å². The number of rotatable bonds is 5. The van der Waals surface area contributed by atoms with Crippen molar-refractivity contribution in [3.8, 4) is 0 Å². The molecule has 7 nitrogen and oxygen atoms in total. The van der Waals surface area contributed by atoms with Gasteiger partial charge in [-0.1, -0.05) is 67.5 Å². The van der Waals surface area contributed by atoms with E-state index < -0.39 is 22.2 Å². The van der Waals surface area contributed by atoms with E-state index in [1.807, 2.05) is 41.5 Å². The van der Waals surface area contributed by atoms with E-state index >= 15 is 0 Å². The molecule has 6 saturated carbocycles. The summed E-state index contributed by atoms with van der Waals surface area (Å²) in [6.07, 6.45) is 11.5. The third-order valence-corrected chi connectivity index (χ3v) is 18.6. The lowest BCUT2D eigenvalue weighted by Crippen LogP contribution is -2.69. The molecular weight excluding hydrogens is 650 g/mol. The van der Waals surface area contributed by atoms with Crippen molar-refractivity contribution in [3.05, 3.63) is 12.2 Å². The molecule has 2 unspecified atom stereocenters. The van der Waals surface area contributed by atoms with Crippen molar-refractivity contribution >= 4 is 12.1 Å². The van der Waals surface area contributed by atoms with E-state index in [0.717, 1.165) is 44.9 Å². The minimum Gasteiger partial charge on any atom is -0.462 e. The zero-order valence-electron chi connectivity index (χ0n) is 35.3. The van der Waals surface area contributed by atoms with Gasteiger partial charge in [-0.25, -0.2) is 4.79 Å². The molecule has 3 N–H and O–H groups in total. The molecule has 0 aromatic heterocycles. The number of hydrogen-bond donors (Lipinski definition) is 3. The second kappa shape index (κ2) is 12.2. The van der Waals surface area contributed by atoms with E-state index in [1.54, 1.807) is 0 Å². The largest absolute Gasteiger partial charge is 0.462 e. The first kappa shape index (κ1) is 40.1. The lowest BCUT2D eigenvalue weighted by atomic mass is 9.32. The molecule has 12 atom stereocenters. The molecule has 7 heteroatoms. The first-order valence-electron chi connectivity index (χ1n) is 20.9. The number of nitrogens with one attached hydrogen (secondary N) is 1. The van der Waals surface area contributed by atoms with Gasteiger partial charge in [0.25, 0.3) is 0 Å². The number of amides is 1. The minimum atomic E-state index is -1.88. The van der Waals surface area contributed by atoms with Crippen LogP contribution in [0.25, 0.3) is 0 Å². The SMILES string of the molecule is C=C(C)[C@@H]1CC[C@]2(NC(=O)OC(C)(C)C)CC[C@]3(C)C(CC[C@H]4C3(C)CC[C@H]3C(C)(C)[C@@H](OC(=O)[C@H]5CC[C@@](C)(C(C)(O)O)C5(C)C)CC[C@@]34C)[C@@H]12. The van der Waals surface area contributed by atoms with E-state index in [4.69, 9.17) is 9.47 Å². The van der Waals surface area contributed by atoms with Gasteiger partial charge in [0.05, 0.1) is 5.92 Å². The molecular formula is C45H75NO6. The number of fused-ring (bicyclic) bond motifs is 7. The molecule has 0 heterocycles. The molecule has 0 aliphatic heterocycles. The van der Waals surface area contributed by atoms with Gasteiger partial charge >= 0.3 is 12.1 Å². The van der Waals surface area contributed by atoms with Crippen LogP contribution < -0.4 is 5.32 Å². The maximum atomic E-state index is 14.1. The van der Waals surface area contributed by atoms with Crippen molar-refractivity contribution in [2.75, 3.05) is 0 Å². The Bertz CT molecular complexity index is 1450. The molecule has 6 aliphatic carbocycles. The first-order valence-corrected chi connectivity index (χ1v) is 20.9. The summed E-state index contributed by atoms with van der Waals surface area (Å²) in [5, 5.41) is 25.0. The minimum absolute atomic E-state index is 0.140. The molecule has 0 aromatic carbocycles. The average Bonchev–Trinajstić information content (AvgIpc) is 3.48. The number of esters is 1. The summed E-state index contributed by atoms with van der Waals surface area (Å²) in [6, 6.07) is 0. The lowest BCUT2D eigenvalue weighted by Gasteiger charge is -2.73. The van der Waals surface area contributed by atoms with Crippen molar-refractivity contribution in [1.82, 2.24) is 5.32 Å². The quantitative estimate of drug-likeness (QED) is 0.148. The van der Waals surface area contributed by atoms with Crippen LogP contribution in [-0.4, -0.2) is 45.3 Å². The Balaban J connectivity index is 1.24. The Morgan fingerprint density at radius 2 is 1.40 bits per heavy atom. The molecule has 0 spiro atoms. The van der Waals surface area contributed by atoms with E-state index in [0.29, 0.717) is 42.4 Å². The van der Waals surface area contributed by atoms with Crippen molar-refractivity contribution < 1.29 is 29.3 Å². The average molecular weight is 726 g/mol. The molecule has 296 valence electrons. The fraction of sp³-hybridized carbons (Fsp3) is 0.911. The summed E-state index contributed by atoms with van der Waals surface area (Å²) in [5.41, 5.74) is -0.664. The monoisotopic (exact) mass is 726 g/mol. The molecule has 6 aliphatic rings. The third-order valence-electron chi connectivity index (χ3n) is 18.6. The van der Waals surface area contributed by atoms with Gasteiger partial charge in [0.15, 0.2) is 5.79 Å². The van der Waals surface area contributed by atoms with Gasteiger partial charge in [0.2, 0.25) is 0 Å². The highest BCUT2D eigenvalue weighted by Gasteiger charge is 2.72. The molecule has 6 fully saturated rings.